The number of carbonyl (C=O) groups excluding carboxylic acids is 2. The van der Waals surface area contributed by atoms with Gasteiger partial charge < -0.3 is 10.2 Å². The summed E-state index contributed by atoms with van der Waals surface area (Å²) in [5, 5.41) is 2.74. The van der Waals surface area contributed by atoms with Crippen LogP contribution in [0.25, 0.3) is 0 Å². The largest absolute Gasteiger partial charge is 0.347 e. The molecule has 2 rings (SSSR count). The fourth-order valence-electron chi connectivity index (χ4n) is 2.37. The van der Waals surface area contributed by atoms with Crippen LogP contribution in [0.4, 0.5) is 0 Å². The first kappa shape index (κ1) is 18.7. The first-order chi connectivity index (χ1) is 11.9. The maximum absolute atomic E-state index is 12.7. The highest BCUT2D eigenvalue weighted by Crippen LogP contribution is 2.13. The van der Waals surface area contributed by atoms with Gasteiger partial charge in [0.2, 0.25) is 11.8 Å². The molecular formula is C21H26N2O2. The molecule has 0 aromatic heterocycles. The third kappa shape index (κ3) is 6.07. The van der Waals surface area contributed by atoms with Gasteiger partial charge in [0.05, 0.1) is 6.54 Å². The number of amides is 2. The van der Waals surface area contributed by atoms with Gasteiger partial charge in [-0.2, -0.15) is 0 Å². The van der Waals surface area contributed by atoms with E-state index in [1.807, 2.05) is 81.4 Å². The zero-order valence-corrected chi connectivity index (χ0v) is 15.2. The van der Waals surface area contributed by atoms with Crippen molar-refractivity contribution in [3.63, 3.8) is 0 Å². The van der Waals surface area contributed by atoms with Crippen molar-refractivity contribution in [2.24, 2.45) is 5.41 Å². The van der Waals surface area contributed by atoms with Gasteiger partial charge in [0, 0.05) is 18.5 Å². The molecule has 2 aromatic rings. The maximum atomic E-state index is 12.7. The van der Waals surface area contributed by atoms with E-state index >= 15 is 0 Å². The van der Waals surface area contributed by atoms with E-state index in [9.17, 15) is 9.59 Å². The molecule has 2 amide bonds. The summed E-state index contributed by atoms with van der Waals surface area (Å²) in [6, 6.07) is 19.7. The van der Waals surface area contributed by atoms with Crippen LogP contribution in [0.1, 0.15) is 31.9 Å². The lowest BCUT2D eigenvalue weighted by atomic mass is 9.96. The number of carbonyl (C=O) groups is 2. The summed E-state index contributed by atoms with van der Waals surface area (Å²) in [6.07, 6.45) is 0. The highest BCUT2D eigenvalue weighted by molar-refractivity contribution is 5.87. The summed E-state index contributed by atoms with van der Waals surface area (Å²) in [5.74, 6) is -0.217. The van der Waals surface area contributed by atoms with Crippen LogP contribution < -0.4 is 5.32 Å². The fourth-order valence-corrected chi connectivity index (χ4v) is 2.37. The molecule has 0 bridgehead atoms. The lowest BCUT2D eigenvalue weighted by molar-refractivity contribution is -0.136. The fraction of sp³-hybridized carbons (Fsp3) is 0.333. The molecular weight excluding hydrogens is 312 g/mol. The van der Waals surface area contributed by atoms with Gasteiger partial charge in [0.25, 0.3) is 0 Å². The average molecular weight is 338 g/mol. The van der Waals surface area contributed by atoms with E-state index in [-0.39, 0.29) is 18.4 Å². The molecule has 4 nitrogen and oxygen atoms in total. The molecule has 0 atom stereocenters. The quantitative estimate of drug-likeness (QED) is 0.878. The first-order valence-electron chi connectivity index (χ1n) is 8.50. The summed E-state index contributed by atoms with van der Waals surface area (Å²) in [5.41, 5.74) is 1.62. The molecule has 0 radical (unpaired) electrons. The Morgan fingerprint density at radius 3 is 1.68 bits per heavy atom. The molecule has 25 heavy (non-hydrogen) atoms. The van der Waals surface area contributed by atoms with Crippen molar-refractivity contribution >= 4 is 11.8 Å². The number of hydrogen-bond acceptors (Lipinski definition) is 2. The van der Waals surface area contributed by atoms with E-state index in [4.69, 9.17) is 0 Å². The summed E-state index contributed by atoms with van der Waals surface area (Å²) < 4.78 is 0. The molecule has 0 aliphatic rings. The van der Waals surface area contributed by atoms with Crippen LogP contribution in [-0.4, -0.2) is 23.3 Å². The zero-order chi connectivity index (χ0) is 18.3. The Bertz CT molecular complexity index is 649. The van der Waals surface area contributed by atoms with E-state index in [2.05, 4.69) is 5.32 Å². The zero-order valence-electron chi connectivity index (χ0n) is 15.2. The van der Waals surface area contributed by atoms with Crippen molar-refractivity contribution in [3.05, 3.63) is 71.8 Å². The van der Waals surface area contributed by atoms with Gasteiger partial charge in [-0.15, -0.1) is 0 Å². The van der Waals surface area contributed by atoms with Gasteiger partial charge in [-0.3, -0.25) is 9.59 Å². The molecule has 0 saturated heterocycles. The number of nitrogens with zero attached hydrogens (tertiary/aromatic N) is 1. The van der Waals surface area contributed by atoms with Gasteiger partial charge in [-0.1, -0.05) is 81.4 Å². The molecule has 1 N–H and O–H groups in total. The molecule has 0 spiro atoms. The molecule has 132 valence electrons. The minimum Gasteiger partial charge on any atom is -0.347 e. The average Bonchev–Trinajstić information content (AvgIpc) is 2.59. The summed E-state index contributed by atoms with van der Waals surface area (Å²) in [6.45, 7) is 6.53. The van der Waals surface area contributed by atoms with Gasteiger partial charge in [0.15, 0.2) is 0 Å². The van der Waals surface area contributed by atoms with E-state index in [0.29, 0.717) is 13.1 Å². The Morgan fingerprint density at radius 2 is 1.28 bits per heavy atom. The number of hydrogen-bond donors (Lipinski definition) is 1. The number of nitrogens with one attached hydrogen (secondary N) is 1. The molecule has 0 unspecified atom stereocenters. The summed E-state index contributed by atoms with van der Waals surface area (Å²) in [4.78, 5) is 26.5. The van der Waals surface area contributed by atoms with Crippen molar-refractivity contribution in [3.8, 4) is 0 Å². The topological polar surface area (TPSA) is 49.4 Å². The van der Waals surface area contributed by atoms with Crippen molar-refractivity contribution in [1.82, 2.24) is 10.2 Å². The Labute approximate surface area is 149 Å². The van der Waals surface area contributed by atoms with Crippen LogP contribution in [0.15, 0.2) is 60.7 Å². The van der Waals surface area contributed by atoms with Crippen molar-refractivity contribution in [2.75, 3.05) is 6.54 Å². The lowest BCUT2D eigenvalue weighted by Crippen LogP contribution is -2.43. The number of rotatable bonds is 6. The van der Waals surface area contributed by atoms with E-state index in [1.54, 1.807) is 4.90 Å². The lowest BCUT2D eigenvalue weighted by Gasteiger charge is -2.24. The SMILES string of the molecule is CC(C)(C)C(=O)NCC(=O)N(Cc1ccccc1)Cc1ccccc1. The molecule has 4 heteroatoms. The van der Waals surface area contributed by atoms with E-state index in [1.165, 1.54) is 0 Å². The normalized spacial score (nSPS) is 11.0. The molecule has 0 saturated carbocycles. The van der Waals surface area contributed by atoms with Gasteiger partial charge in [-0.25, -0.2) is 0 Å². The van der Waals surface area contributed by atoms with Crippen molar-refractivity contribution in [1.29, 1.82) is 0 Å². The predicted octanol–water partition coefficient (Wildman–Crippen LogP) is 3.38. The second-order valence-electron chi connectivity index (χ2n) is 7.15. The van der Waals surface area contributed by atoms with Gasteiger partial charge in [0.1, 0.15) is 0 Å². The van der Waals surface area contributed by atoms with E-state index < -0.39 is 5.41 Å². The molecule has 2 aromatic carbocycles. The maximum Gasteiger partial charge on any atom is 0.242 e. The Morgan fingerprint density at radius 1 is 0.840 bits per heavy atom. The number of benzene rings is 2. The van der Waals surface area contributed by atoms with Crippen molar-refractivity contribution < 1.29 is 9.59 Å². The second kappa shape index (κ2) is 8.47. The summed E-state index contributed by atoms with van der Waals surface area (Å²) in [7, 11) is 0. The molecule has 0 aliphatic heterocycles. The molecule has 0 heterocycles. The minimum atomic E-state index is -0.510. The third-order valence-electron chi connectivity index (χ3n) is 3.87. The highest BCUT2D eigenvalue weighted by Gasteiger charge is 2.23. The van der Waals surface area contributed by atoms with Crippen LogP contribution in [0.3, 0.4) is 0 Å². The minimum absolute atomic E-state index is 0.00969. The summed E-state index contributed by atoms with van der Waals surface area (Å²) >= 11 is 0. The van der Waals surface area contributed by atoms with Gasteiger partial charge in [-0.05, 0) is 11.1 Å². The standard InChI is InChI=1S/C21H26N2O2/c1-21(2,3)20(25)22-14-19(24)23(15-17-10-6-4-7-11-17)16-18-12-8-5-9-13-18/h4-13H,14-16H2,1-3H3,(H,22,25). The monoisotopic (exact) mass is 338 g/mol. The second-order valence-corrected chi connectivity index (χ2v) is 7.15. The van der Waals surface area contributed by atoms with E-state index in [0.717, 1.165) is 11.1 Å². The molecule has 0 aliphatic carbocycles. The third-order valence-corrected chi connectivity index (χ3v) is 3.87. The van der Waals surface area contributed by atoms with Crippen LogP contribution >= 0.6 is 0 Å². The Kier molecular flexibility index (Phi) is 6.34. The van der Waals surface area contributed by atoms with Gasteiger partial charge >= 0.3 is 0 Å². The smallest absolute Gasteiger partial charge is 0.242 e. The van der Waals surface area contributed by atoms with Crippen LogP contribution in [0, 0.1) is 5.41 Å². The molecule has 0 fully saturated rings. The van der Waals surface area contributed by atoms with Crippen LogP contribution in [0.2, 0.25) is 0 Å². The Hall–Kier alpha value is -2.62. The van der Waals surface area contributed by atoms with Crippen molar-refractivity contribution in [2.45, 2.75) is 33.9 Å². The Balaban J connectivity index is 2.07. The predicted molar refractivity (Wildman–Crippen MR) is 99.6 cm³/mol. The highest BCUT2D eigenvalue weighted by atomic mass is 16.2. The van der Waals surface area contributed by atoms with Crippen LogP contribution in [0.5, 0.6) is 0 Å². The van der Waals surface area contributed by atoms with Crippen LogP contribution in [-0.2, 0) is 22.7 Å². The first-order valence-corrected chi connectivity index (χ1v) is 8.50.